The lowest BCUT2D eigenvalue weighted by Crippen LogP contribution is -2.41. The highest BCUT2D eigenvalue weighted by Gasteiger charge is 2.41. The van der Waals surface area contributed by atoms with Crippen LogP contribution in [-0.4, -0.2) is 22.9 Å². The van der Waals surface area contributed by atoms with Crippen LogP contribution in [-0.2, 0) is 9.59 Å². The number of nitrogens with one attached hydrogen (secondary N) is 1. The molecule has 1 saturated carbocycles. The van der Waals surface area contributed by atoms with Gasteiger partial charge in [0.05, 0.1) is 22.4 Å². The molecule has 20 heavy (non-hydrogen) atoms. The van der Waals surface area contributed by atoms with Crippen molar-refractivity contribution in [3.63, 3.8) is 0 Å². The van der Waals surface area contributed by atoms with Crippen molar-refractivity contribution >= 4 is 35.1 Å². The first kappa shape index (κ1) is 14.3. The quantitative estimate of drug-likeness (QED) is 0.782. The molecule has 2 atom stereocenters. The first-order valence-corrected chi connectivity index (χ1v) is 6.41. The van der Waals surface area contributed by atoms with Gasteiger partial charge < -0.3 is 16.2 Å². The molecule has 1 aromatic carbocycles. The summed E-state index contributed by atoms with van der Waals surface area (Å²) in [5, 5.41) is 11.6. The molecule has 6 nitrogen and oxygen atoms in total. The van der Waals surface area contributed by atoms with Crippen molar-refractivity contribution in [2.45, 2.75) is 12.8 Å². The highest BCUT2D eigenvalue weighted by molar-refractivity contribution is 6.34. The SMILES string of the molecule is NC(=O)c1ccc(NC(=O)C2CCC2C(=O)O)cc1Cl. The van der Waals surface area contributed by atoms with Crippen molar-refractivity contribution in [2.24, 2.45) is 17.6 Å². The van der Waals surface area contributed by atoms with Gasteiger partial charge in [0.1, 0.15) is 0 Å². The van der Waals surface area contributed by atoms with E-state index >= 15 is 0 Å². The molecule has 7 heteroatoms. The molecule has 0 radical (unpaired) electrons. The highest BCUT2D eigenvalue weighted by atomic mass is 35.5. The minimum absolute atomic E-state index is 0.138. The van der Waals surface area contributed by atoms with Gasteiger partial charge in [0, 0.05) is 5.69 Å². The Morgan fingerprint density at radius 3 is 2.35 bits per heavy atom. The molecular formula is C13H13ClN2O4. The van der Waals surface area contributed by atoms with E-state index in [2.05, 4.69) is 5.32 Å². The van der Waals surface area contributed by atoms with E-state index < -0.39 is 23.7 Å². The first-order valence-electron chi connectivity index (χ1n) is 6.03. The van der Waals surface area contributed by atoms with E-state index in [4.69, 9.17) is 22.4 Å². The summed E-state index contributed by atoms with van der Waals surface area (Å²) in [5.74, 6) is -3.12. The van der Waals surface area contributed by atoms with Crippen molar-refractivity contribution in [1.29, 1.82) is 0 Å². The Morgan fingerprint density at radius 1 is 1.25 bits per heavy atom. The molecule has 1 aliphatic rings. The maximum Gasteiger partial charge on any atom is 0.307 e. The number of amides is 2. The van der Waals surface area contributed by atoms with Crippen LogP contribution in [0.5, 0.6) is 0 Å². The number of benzene rings is 1. The predicted octanol–water partition coefficient (Wildman–Crippen LogP) is 1.49. The van der Waals surface area contributed by atoms with Crippen LogP contribution in [0.15, 0.2) is 18.2 Å². The number of halogens is 1. The summed E-state index contributed by atoms with van der Waals surface area (Å²) in [6, 6.07) is 4.32. The van der Waals surface area contributed by atoms with Gasteiger partial charge >= 0.3 is 5.97 Å². The largest absolute Gasteiger partial charge is 0.481 e. The molecule has 0 aliphatic heterocycles. The standard InChI is InChI=1S/C13H13ClN2O4/c14-10-5-6(1-2-9(10)11(15)17)16-12(18)7-3-4-8(7)13(19)20/h1-2,5,7-8H,3-4H2,(H2,15,17)(H,16,18)(H,19,20). The summed E-state index contributed by atoms with van der Waals surface area (Å²) < 4.78 is 0. The fourth-order valence-corrected chi connectivity index (χ4v) is 2.41. The first-order chi connectivity index (χ1) is 9.40. The average Bonchev–Trinajstić information content (AvgIpc) is 2.25. The fourth-order valence-electron chi connectivity index (χ4n) is 2.14. The summed E-state index contributed by atoms with van der Waals surface area (Å²) >= 11 is 5.87. The van der Waals surface area contributed by atoms with Crippen LogP contribution in [0.3, 0.4) is 0 Å². The minimum atomic E-state index is -0.960. The maximum absolute atomic E-state index is 11.9. The van der Waals surface area contributed by atoms with Crippen molar-refractivity contribution in [1.82, 2.24) is 0 Å². The predicted molar refractivity (Wildman–Crippen MR) is 72.4 cm³/mol. The fraction of sp³-hybridized carbons (Fsp3) is 0.308. The third kappa shape index (κ3) is 2.75. The van der Waals surface area contributed by atoms with E-state index in [0.29, 0.717) is 18.5 Å². The van der Waals surface area contributed by atoms with Crippen molar-refractivity contribution in [3.05, 3.63) is 28.8 Å². The van der Waals surface area contributed by atoms with Crippen molar-refractivity contribution in [3.8, 4) is 0 Å². The summed E-state index contributed by atoms with van der Waals surface area (Å²) in [6.45, 7) is 0. The van der Waals surface area contributed by atoms with Crippen LogP contribution in [0.2, 0.25) is 5.02 Å². The number of primary amides is 1. The van der Waals surface area contributed by atoms with Crippen LogP contribution in [0.4, 0.5) is 5.69 Å². The average molecular weight is 297 g/mol. The van der Waals surface area contributed by atoms with Gasteiger partial charge in [0.15, 0.2) is 0 Å². The third-order valence-electron chi connectivity index (χ3n) is 3.43. The van der Waals surface area contributed by atoms with Crippen molar-refractivity contribution in [2.75, 3.05) is 5.32 Å². The van der Waals surface area contributed by atoms with Crippen LogP contribution in [0.25, 0.3) is 0 Å². The number of carbonyl (C=O) groups is 3. The summed E-state index contributed by atoms with van der Waals surface area (Å²) in [7, 11) is 0. The topological polar surface area (TPSA) is 109 Å². The molecular weight excluding hydrogens is 284 g/mol. The number of carbonyl (C=O) groups excluding carboxylic acids is 2. The van der Waals surface area contributed by atoms with Gasteiger partial charge in [-0.15, -0.1) is 0 Å². The summed E-state index contributed by atoms with van der Waals surface area (Å²) in [6.07, 6.45) is 1.06. The Kier molecular flexibility index (Phi) is 3.94. The second-order valence-corrected chi connectivity index (χ2v) is 5.08. The second kappa shape index (κ2) is 5.50. The van der Waals surface area contributed by atoms with Gasteiger partial charge in [0.25, 0.3) is 0 Å². The molecule has 1 fully saturated rings. The Labute approximate surface area is 119 Å². The maximum atomic E-state index is 11.9. The number of nitrogens with two attached hydrogens (primary N) is 1. The molecule has 106 valence electrons. The van der Waals surface area contributed by atoms with Gasteiger partial charge in [-0.25, -0.2) is 0 Å². The van der Waals surface area contributed by atoms with E-state index in [0.717, 1.165) is 0 Å². The monoisotopic (exact) mass is 296 g/mol. The molecule has 0 aromatic heterocycles. The molecule has 0 heterocycles. The normalized spacial score (nSPS) is 20.9. The lowest BCUT2D eigenvalue weighted by molar-refractivity contribution is -0.151. The Morgan fingerprint density at radius 2 is 1.90 bits per heavy atom. The van der Waals surface area contributed by atoms with E-state index in [1.165, 1.54) is 18.2 Å². The molecule has 2 amide bonds. The number of hydrogen-bond acceptors (Lipinski definition) is 3. The molecule has 4 N–H and O–H groups in total. The number of aliphatic carboxylic acids is 1. The molecule has 0 spiro atoms. The highest BCUT2D eigenvalue weighted by Crippen LogP contribution is 2.35. The molecule has 2 unspecified atom stereocenters. The molecule has 1 aromatic rings. The van der Waals surface area contributed by atoms with E-state index in [1.807, 2.05) is 0 Å². The van der Waals surface area contributed by atoms with Gasteiger partial charge in [-0.3, -0.25) is 14.4 Å². The summed E-state index contributed by atoms with van der Waals surface area (Å²) in [5.41, 5.74) is 5.69. The second-order valence-electron chi connectivity index (χ2n) is 4.68. The van der Waals surface area contributed by atoms with E-state index in [1.54, 1.807) is 0 Å². The Hall–Kier alpha value is -2.08. The molecule has 0 saturated heterocycles. The van der Waals surface area contributed by atoms with Crippen LogP contribution < -0.4 is 11.1 Å². The van der Waals surface area contributed by atoms with Gasteiger partial charge in [-0.2, -0.15) is 0 Å². The summed E-state index contributed by atoms with van der Waals surface area (Å²) in [4.78, 5) is 33.8. The van der Waals surface area contributed by atoms with E-state index in [9.17, 15) is 14.4 Å². The smallest absolute Gasteiger partial charge is 0.307 e. The number of carboxylic acid groups (broad SMARTS) is 1. The zero-order valence-electron chi connectivity index (χ0n) is 10.4. The Bertz CT molecular complexity index is 588. The van der Waals surface area contributed by atoms with Crippen LogP contribution >= 0.6 is 11.6 Å². The molecule has 1 aliphatic carbocycles. The molecule has 0 bridgehead atoms. The van der Waals surface area contributed by atoms with Crippen LogP contribution in [0.1, 0.15) is 23.2 Å². The molecule has 2 rings (SSSR count). The van der Waals surface area contributed by atoms with Gasteiger partial charge in [-0.1, -0.05) is 11.6 Å². The van der Waals surface area contributed by atoms with Crippen LogP contribution in [0, 0.1) is 11.8 Å². The number of hydrogen-bond donors (Lipinski definition) is 3. The minimum Gasteiger partial charge on any atom is -0.481 e. The van der Waals surface area contributed by atoms with Crippen molar-refractivity contribution < 1.29 is 19.5 Å². The van der Waals surface area contributed by atoms with Gasteiger partial charge in [0.2, 0.25) is 11.8 Å². The lowest BCUT2D eigenvalue weighted by Gasteiger charge is -2.31. The zero-order chi connectivity index (χ0) is 14.9. The number of anilines is 1. The van der Waals surface area contributed by atoms with Gasteiger partial charge in [-0.05, 0) is 31.0 Å². The Balaban J connectivity index is 2.07. The zero-order valence-corrected chi connectivity index (χ0v) is 11.2. The lowest BCUT2D eigenvalue weighted by atomic mass is 9.73. The number of carboxylic acids is 1. The van der Waals surface area contributed by atoms with E-state index in [-0.39, 0.29) is 16.5 Å². The third-order valence-corrected chi connectivity index (χ3v) is 3.74. The number of rotatable bonds is 4.